The monoisotopic (exact) mass is 392 g/mol. The Bertz CT molecular complexity index is 718. The molecule has 23 heavy (non-hydrogen) atoms. The molecular formula is C18H21BrN2OS. The van der Waals surface area contributed by atoms with Crippen molar-refractivity contribution in [2.75, 3.05) is 12.4 Å². The largest absolute Gasteiger partial charge is 0.496 e. The van der Waals surface area contributed by atoms with Crippen molar-refractivity contribution in [3.63, 3.8) is 0 Å². The number of hydrogen-bond donors (Lipinski definition) is 2. The van der Waals surface area contributed by atoms with E-state index in [0.29, 0.717) is 5.11 Å². The fraction of sp³-hybridized carbons (Fsp3) is 0.278. The molecule has 0 aromatic heterocycles. The summed E-state index contributed by atoms with van der Waals surface area (Å²) in [6.07, 6.45) is 0. The van der Waals surface area contributed by atoms with Crippen LogP contribution < -0.4 is 15.4 Å². The third-order valence-corrected chi connectivity index (χ3v) is 4.72. The van der Waals surface area contributed by atoms with Gasteiger partial charge in [-0.3, -0.25) is 0 Å². The van der Waals surface area contributed by atoms with Crippen LogP contribution in [0.3, 0.4) is 0 Å². The van der Waals surface area contributed by atoms with E-state index in [9.17, 15) is 0 Å². The van der Waals surface area contributed by atoms with Gasteiger partial charge in [-0.05, 0) is 83.8 Å². The lowest BCUT2D eigenvalue weighted by molar-refractivity contribution is 0.412. The Labute approximate surface area is 151 Å². The van der Waals surface area contributed by atoms with E-state index in [-0.39, 0.29) is 6.04 Å². The molecule has 0 aliphatic heterocycles. The number of ether oxygens (including phenoxy) is 1. The molecule has 0 saturated heterocycles. The number of anilines is 1. The van der Waals surface area contributed by atoms with Crippen molar-refractivity contribution < 1.29 is 4.74 Å². The molecule has 1 atom stereocenters. The molecule has 3 nitrogen and oxygen atoms in total. The fourth-order valence-electron chi connectivity index (χ4n) is 2.28. The molecule has 2 N–H and O–H groups in total. The molecule has 0 heterocycles. The van der Waals surface area contributed by atoms with Crippen LogP contribution in [0.2, 0.25) is 0 Å². The lowest BCUT2D eigenvalue weighted by atomic mass is 10.1. The minimum atomic E-state index is 0.0855. The number of thiocarbonyl (C=S) groups is 1. The van der Waals surface area contributed by atoms with Gasteiger partial charge in [0.25, 0.3) is 0 Å². The number of methoxy groups -OCH3 is 1. The summed E-state index contributed by atoms with van der Waals surface area (Å²) in [5.41, 5.74) is 4.61. The minimum Gasteiger partial charge on any atom is -0.496 e. The van der Waals surface area contributed by atoms with Gasteiger partial charge in [0.05, 0.1) is 17.6 Å². The van der Waals surface area contributed by atoms with Crippen molar-refractivity contribution in [3.8, 4) is 5.75 Å². The summed E-state index contributed by atoms with van der Waals surface area (Å²) in [6, 6.07) is 12.2. The highest BCUT2D eigenvalue weighted by atomic mass is 79.9. The summed E-state index contributed by atoms with van der Waals surface area (Å²) in [7, 11) is 1.66. The van der Waals surface area contributed by atoms with Crippen molar-refractivity contribution >= 4 is 38.9 Å². The summed E-state index contributed by atoms with van der Waals surface area (Å²) in [5, 5.41) is 7.20. The number of benzene rings is 2. The van der Waals surface area contributed by atoms with Gasteiger partial charge in [-0.1, -0.05) is 18.2 Å². The predicted molar refractivity (Wildman–Crippen MR) is 104 cm³/mol. The first kappa shape index (κ1) is 17.8. The first-order valence-corrected chi connectivity index (χ1v) is 8.59. The molecule has 0 bridgehead atoms. The van der Waals surface area contributed by atoms with Gasteiger partial charge in [0.15, 0.2) is 5.11 Å². The average Bonchev–Trinajstić information content (AvgIpc) is 2.51. The van der Waals surface area contributed by atoms with Crippen molar-refractivity contribution in [2.45, 2.75) is 26.8 Å². The Morgan fingerprint density at radius 1 is 1.22 bits per heavy atom. The Balaban J connectivity index is 2.05. The summed E-state index contributed by atoms with van der Waals surface area (Å²) in [6.45, 7) is 6.25. The maximum absolute atomic E-state index is 5.44. The molecule has 5 heteroatoms. The predicted octanol–water partition coefficient (Wildman–Crippen LogP) is 5.12. The molecule has 0 spiro atoms. The second-order valence-electron chi connectivity index (χ2n) is 5.46. The third-order valence-electron chi connectivity index (χ3n) is 3.88. The van der Waals surface area contributed by atoms with Crippen molar-refractivity contribution in [1.82, 2.24) is 5.32 Å². The average molecular weight is 393 g/mol. The van der Waals surface area contributed by atoms with E-state index in [0.717, 1.165) is 21.5 Å². The van der Waals surface area contributed by atoms with Crippen LogP contribution in [0.15, 0.2) is 40.9 Å². The second-order valence-corrected chi connectivity index (χ2v) is 6.72. The Morgan fingerprint density at radius 2 is 1.96 bits per heavy atom. The maximum Gasteiger partial charge on any atom is 0.171 e. The van der Waals surface area contributed by atoms with Crippen molar-refractivity contribution in [2.24, 2.45) is 0 Å². The van der Waals surface area contributed by atoms with Crippen molar-refractivity contribution in [3.05, 3.63) is 57.6 Å². The van der Waals surface area contributed by atoms with Gasteiger partial charge in [0.2, 0.25) is 0 Å². The Kier molecular flexibility index (Phi) is 6.02. The summed E-state index contributed by atoms with van der Waals surface area (Å²) in [5.74, 6) is 0.817. The van der Waals surface area contributed by atoms with Gasteiger partial charge in [-0.2, -0.15) is 0 Å². The van der Waals surface area contributed by atoms with E-state index in [2.05, 4.69) is 53.4 Å². The van der Waals surface area contributed by atoms with E-state index in [1.807, 2.05) is 30.3 Å². The number of nitrogens with one attached hydrogen (secondary N) is 2. The van der Waals surface area contributed by atoms with Crippen LogP contribution in [0.1, 0.15) is 29.7 Å². The first-order chi connectivity index (χ1) is 10.9. The topological polar surface area (TPSA) is 33.3 Å². The molecule has 0 fully saturated rings. The number of rotatable bonds is 4. The second kappa shape index (κ2) is 7.79. The van der Waals surface area contributed by atoms with Gasteiger partial charge >= 0.3 is 0 Å². The molecule has 0 aliphatic rings. The highest BCUT2D eigenvalue weighted by Gasteiger charge is 2.10. The third kappa shape index (κ3) is 4.45. The molecule has 2 rings (SSSR count). The van der Waals surface area contributed by atoms with Crippen LogP contribution in [0.5, 0.6) is 5.75 Å². The smallest absolute Gasteiger partial charge is 0.171 e. The van der Waals surface area contributed by atoms with Crippen LogP contribution in [0.4, 0.5) is 5.69 Å². The normalized spacial score (nSPS) is 11.7. The number of hydrogen-bond acceptors (Lipinski definition) is 2. The highest BCUT2D eigenvalue weighted by Crippen LogP contribution is 2.28. The summed E-state index contributed by atoms with van der Waals surface area (Å²) >= 11 is 8.95. The zero-order valence-electron chi connectivity index (χ0n) is 13.7. The standard InChI is InChI=1S/C18H21BrN2OS/c1-11-6-5-7-16(12(11)2)21-18(23)20-13(3)14-8-9-17(22-4)15(19)10-14/h5-10,13H,1-4H3,(H2,20,21,23)/t13-/m1/s1. The van der Waals surface area contributed by atoms with E-state index in [1.54, 1.807) is 7.11 Å². The summed E-state index contributed by atoms with van der Waals surface area (Å²) < 4.78 is 6.19. The van der Waals surface area contributed by atoms with E-state index >= 15 is 0 Å². The van der Waals surface area contributed by atoms with E-state index in [4.69, 9.17) is 17.0 Å². The quantitative estimate of drug-likeness (QED) is 0.707. The molecule has 0 amide bonds. The molecule has 0 unspecified atom stereocenters. The van der Waals surface area contributed by atoms with Gasteiger partial charge in [-0.15, -0.1) is 0 Å². The molecule has 0 saturated carbocycles. The molecule has 0 aliphatic carbocycles. The fourth-order valence-corrected chi connectivity index (χ4v) is 3.12. The van der Waals surface area contributed by atoms with Crippen LogP contribution in [0.25, 0.3) is 0 Å². The van der Waals surface area contributed by atoms with Gasteiger partial charge in [0.1, 0.15) is 5.75 Å². The lowest BCUT2D eigenvalue weighted by Gasteiger charge is -2.19. The van der Waals surface area contributed by atoms with Gasteiger partial charge in [-0.25, -0.2) is 0 Å². The Hall–Kier alpha value is -1.59. The van der Waals surface area contributed by atoms with Gasteiger partial charge in [0, 0.05) is 5.69 Å². The summed E-state index contributed by atoms with van der Waals surface area (Å²) in [4.78, 5) is 0. The van der Waals surface area contributed by atoms with Gasteiger partial charge < -0.3 is 15.4 Å². The van der Waals surface area contributed by atoms with E-state index in [1.165, 1.54) is 11.1 Å². The van der Waals surface area contributed by atoms with E-state index < -0.39 is 0 Å². The first-order valence-electron chi connectivity index (χ1n) is 7.39. The number of aryl methyl sites for hydroxylation is 1. The molecule has 2 aromatic rings. The lowest BCUT2D eigenvalue weighted by Crippen LogP contribution is -2.31. The van der Waals surface area contributed by atoms with Crippen LogP contribution in [0, 0.1) is 13.8 Å². The molecule has 0 radical (unpaired) electrons. The SMILES string of the molecule is COc1ccc([C@@H](C)NC(=S)Nc2cccc(C)c2C)cc1Br. The molecular weight excluding hydrogens is 372 g/mol. The highest BCUT2D eigenvalue weighted by molar-refractivity contribution is 9.10. The molecule has 122 valence electrons. The zero-order valence-corrected chi connectivity index (χ0v) is 16.1. The maximum atomic E-state index is 5.44. The minimum absolute atomic E-state index is 0.0855. The van der Waals surface area contributed by atoms with Crippen LogP contribution in [-0.4, -0.2) is 12.2 Å². The number of halogens is 1. The Morgan fingerprint density at radius 3 is 2.61 bits per heavy atom. The molecule has 2 aromatic carbocycles. The van der Waals surface area contributed by atoms with Crippen LogP contribution >= 0.6 is 28.1 Å². The van der Waals surface area contributed by atoms with Crippen LogP contribution in [-0.2, 0) is 0 Å². The zero-order chi connectivity index (χ0) is 17.0. The van der Waals surface area contributed by atoms with Crippen molar-refractivity contribution in [1.29, 1.82) is 0 Å².